The molecule has 1 aromatic carbocycles. The number of piperidine rings is 1. The zero-order valence-electron chi connectivity index (χ0n) is 22.2. The van der Waals surface area contributed by atoms with Gasteiger partial charge in [0.1, 0.15) is 16.9 Å². The molecule has 1 saturated carbocycles. The Morgan fingerprint density at radius 2 is 1.85 bits per heavy atom. The van der Waals surface area contributed by atoms with Gasteiger partial charge in [0, 0.05) is 36.0 Å². The van der Waals surface area contributed by atoms with E-state index in [-0.39, 0.29) is 23.2 Å². The van der Waals surface area contributed by atoms with Gasteiger partial charge in [0.2, 0.25) is 10.0 Å². The van der Waals surface area contributed by atoms with E-state index in [1.807, 2.05) is 18.5 Å². The third-order valence-corrected chi connectivity index (χ3v) is 10.4. The number of nitrogens with zero attached hydrogens (tertiary/aromatic N) is 4. The average molecular weight is 564 g/mol. The lowest BCUT2D eigenvalue weighted by Crippen LogP contribution is -2.43. The molecule has 3 aromatic heterocycles. The Labute approximate surface area is 232 Å². The minimum absolute atomic E-state index is 0.102. The summed E-state index contributed by atoms with van der Waals surface area (Å²) >= 11 is 0. The van der Waals surface area contributed by atoms with E-state index in [2.05, 4.69) is 20.2 Å². The van der Waals surface area contributed by atoms with Gasteiger partial charge >= 0.3 is 5.97 Å². The van der Waals surface area contributed by atoms with Gasteiger partial charge in [-0.3, -0.25) is 0 Å². The number of H-pyrrole nitrogens is 1. The van der Waals surface area contributed by atoms with Gasteiger partial charge in [-0.05, 0) is 86.3 Å². The zero-order chi connectivity index (χ0) is 27.7. The van der Waals surface area contributed by atoms with E-state index < -0.39 is 16.0 Å². The molecule has 40 heavy (non-hydrogen) atoms. The molecule has 2 aliphatic rings. The average Bonchev–Trinajstić information content (AvgIpc) is 3.46. The van der Waals surface area contributed by atoms with E-state index in [1.165, 1.54) is 17.7 Å². The maximum absolute atomic E-state index is 13.4. The van der Waals surface area contributed by atoms with Crippen LogP contribution in [0.3, 0.4) is 0 Å². The highest BCUT2D eigenvalue weighted by atomic mass is 32.2. The van der Waals surface area contributed by atoms with Crippen molar-refractivity contribution in [3.8, 4) is 5.75 Å². The normalized spacial score (nSPS) is 22.4. The number of benzene rings is 1. The molecule has 1 saturated heterocycles. The molecule has 2 N–H and O–H groups in total. The molecule has 11 heteroatoms. The number of ether oxygens (including phenoxy) is 1. The first kappa shape index (κ1) is 26.6. The Bertz CT molecular complexity index is 1610. The smallest absolute Gasteiger partial charge is 0.335 e. The summed E-state index contributed by atoms with van der Waals surface area (Å²) in [6.45, 7) is 1.42. The quantitative estimate of drug-likeness (QED) is 0.317. The van der Waals surface area contributed by atoms with E-state index in [0.717, 1.165) is 60.5 Å². The van der Waals surface area contributed by atoms with Crippen molar-refractivity contribution >= 4 is 37.9 Å². The van der Waals surface area contributed by atoms with Crippen molar-refractivity contribution in [2.45, 2.75) is 44.4 Å². The third kappa shape index (κ3) is 5.53. The number of hydrogen-bond donors (Lipinski definition) is 2. The Kier molecular flexibility index (Phi) is 7.41. The van der Waals surface area contributed by atoms with Crippen LogP contribution in [-0.2, 0) is 10.0 Å². The highest BCUT2D eigenvalue weighted by Gasteiger charge is 2.33. The van der Waals surface area contributed by atoms with Crippen LogP contribution in [0.2, 0.25) is 0 Å². The molecule has 4 aromatic rings. The van der Waals surface area contributed by atoms with Crippen molar-refractivity contribution in [2.24, 2.45) is 11.8 Å². The summed E-state index contributed by atoms with van der Waals surface area (Å²) < 4.78 is 34.4. The Hall–Kier alpha value is -3.57. The zero-order valence-corrected chi connectivity index (χ0v) is 23.0. The number of carbonyl (C=O) groups is 1. The van der Waals surface area contributed by atoms with Crippen LogP contribution in [0.5, 0.6) is 5.75 Å². The number of aromatic carboxylic acids is 1. The van der Waals surface area contributed by atoms with Gasteiger partial charge in [0.15, 0.2) is 0 Å². The van der Waals surface area contributed by atoms with Crippen LogP contribution in [0.15, 0.2) is 48.9 Å². The number of carboxylic acid groups (broad SMARTS) is 1. The largest absolute Gasteiger partial charge is 0.493 e. The van der Waals surface area contributed by atoms with Crippen LogP contribution < -0.4 is 4.74 Å². The number of aromatic amines is 1. The molecule has 1 unspecified atom stereocenters. The van der Waals surface area contributed by atoms with Crippen LogP contribution in [-0.4, -0.2) is 69.4 Å². The fourth-order valence-corrected chi connectivity index (χ4v) is 8.26. The Morgan fingerprint density at radius 1 is 1.05 bits per heavy atom. The minimum Gasteiger partial charge on any atom is -0.493 e. The summed E-state index contributed by atoms with van der Waals surface area (Å²) in [5, 5.41) is 19.7. The summed E-state index contributed by atoms with van der Waals surface area (Å²) in [6.07, 6.45) is 10.8. The van der Waals surface area contributed by atoms with Gasteiger partial charge in [-0.2, -0.15) is 5.10 Å². The van der Waals surface area contributed by atoms with Gasteiger partial charge in [-0.25, -0.2) is 22.5 Å². The molecule has 2 fully saturated rings. The highest BCUT2D eigenvalue weighted by Crippen LogP contribution is 2.40. The second-order valence-corrected chi connectivity index (χ2v) is 13.1. The van der Waals surface area contributed by atoms with Gasteiger partial charge in [-0.1, -0.05) is 0 Å². The fourth-order valence-electron chi connectivity index (χ4n) is 6.27. The van der Waals surface area contributed by atoms with Crippen molar-refractivity contribution in [1.29, 1.82) is 0 Å². The number of carboxylic acids is 1. The van der Waals surface area contributed by atoms with Crippen LogP contribution in [0.25, 0.3) is 21.9 Å². The molecule has 1 aliphatic heterocycles. The molecule has 4 heterocycles. The summed E-state index contributed by atoms with van der Waals surface area (Å²) in [7, 11) is -3.37. The SMILES string of the molecule is O=C(O)c1ccc(OCC2CCCN(S(=O)(=O)CC3CCC(c4cnnc5cnc6[nH]ccc6c45)CC3)C2)cc1. The van der Waals surface area contributed by atoms with Crippen LogP contribution >= 0.6 is 0 Å². The number of pyridine rings is 1. The molecular formula is C29H33N5O5S. The standard InChI is InChI=1S/C29H33N5O5S/c35-29(36)22-7-9-23(10-8-22)39-17-20-2-1-13-34(16-20)40(37,38)18-19-3-5-21(6-4-19)25-14-32-33-26-15-31-28-24(27(25)26)11-12-30-28/h7-12,14-15,19-21H,1-6,13,16-18H2,(H,30,31)(H,35,36). The van der Waals surface area contributed by atoms with E-state index in [9.17, 15) is 13.2 Å². The topological polar surface area (TPSA) is 138 Å². The summed E-state index contributed by atoms with van der Waals surface area (Å²) in [5.41, 5.74) is 3.00. The molecule has 0 amide bonds. The maximum atomic E-state index is 13.4. The number of rotatable bonds is 8. The monoisotopic (exact) mass is 563 g/mol. The maximum Gasteiger partial charge on any atom is 0.335 e. The number of fused-ring (bicyclic) bond motifs is 3. The van der Waals surface area contributed by atoms with Gasteiger partial charge in [0.25, 0.3) is 0 Å². The first-order chi connectivity index (χ1) is 19.4. The highest BCUT2D eigenvalue weighted by molar-refractivity contribution is 7.89. The third-order valence-electron chi connectivity index (χ3n) is 8.41. The van der Waals surface area contributed by atoms with Crippen molar-refractivity contribution in [1.82, 2.24) is 24.5 Å². The minimum atomic E-state index is -3.37. The van der Waals surface area contributed by atoms with Crippen molar-refractivity contribution < 1.29 is 23.1 Å². The number of hydrogen-bond acceptors (Lipinski definition) is 7. The van der Waals surface area contributed by atoms with Crippen LogP contribution in [0.4, 0.5) is 0 Å². The predicted molar refractivity (Wildman–Crippen MR) is 151 cm³/mol. The van der Waals surface area contributed by atoms with E-state index in [0.29, 0.717) is 31.4 Å². The second-order valence-electron chi connectivity index (χ2n) is 11.1. The van der Waals surface area contributed by atoms with Gasteiger partial charge in [-0.15, -0.1) is 5.10 Å². The molecule has 6 rings (SSSR count). The molecule has 0 spiro atoms. The molecule has 1 aliphatic carbocycles. The number of nitrogens with one attached hydrogen (secondary N) is 1. The number of sulfonamides is 1. The Balaban J connectivity index is 1.05. The summed E-state index contributed by atoms with van der Waals surface area (Å²) in [6, 6.07) is 8.32. The Morgan fingerprint density at radius 3 is 2.62 bits per heavy atom. The molecule has 10 nitrogen and oxygen atoms in total. The van der Waals surface area contributed by atoms with Crippen molar-refractivity contribution in [3.05, 3.63) is 60.0 Å². The van der Waals surface area contributed by atoms with E-state index >= 15 is 0 Å². The van der Waals surface area contributed by atoms with Crippen molar-refractivity contribution in [3.63, 3.8) is 0 Å². The molecule has 0 bridgehead atoms. The van der Waals surface area contributed by atoms with E-state index in [4.69, 9.17) is 9.84 Å². The van der Waals surface area contributed by atoms with Crippen LogP contribution in [0.1, 0.15) is 60.4 Å². The molecule has 210 valence electrons. The lowest BCUT2D eigenvalue weighted by molar-refractivity contribution is 0.0697. The molecule has 1 atom stereocenters. The van der Waals surface area contributed by atoms with Gasteiger partial charge < -0.3 is 14.8 Å². The van der Waals surface area contributed by atoms with E-state index in [1.54, 1.807) is 22.6 Å². The summed E-state index contributed by atoms with van der Waals surface area (Å²) in [4.78, 5) is 18.7. The lowest BCUT2D eigenvalue weighted by atomic mass is 9.79. The second kappa shape index (κ2) is 11.1. The lowest BCUT2D eigenvalue weighted by Gasteiger charge is -2.34. The first-order valence-corrected chi connectivity index (χ1v) is 15.5. The first-order valence-electron chi connectivity index (χ1n) is 13.9. The summed E-state index contributed by atoms with van der Waals surface area (Å²) in [5.74, 6) is 0.356. The molecule has 0 radical (unpaired) electrons. The number of aromatic nitrogens is 4. The predicted octanol–water partition coefficient (Wildman–Crippen LogP) is 4.60. The van der Waals surface area contributed by atoms with Gasteiger partial charge in [0.05, 0.1) is 30.3 Å². The fraction of sp³-hybridized carbons (Fsp3) is 0.448. The molecular weight excluding hydrogens is 530 g/mol. The van der Waals surface area contributed by atoms with Crippen molar-refractivity contribution in [2.75, 3.05) is 25.4 Å². The van der Waals surface area contributed by atoms with Crippen LogP contribution in [0, 0.1) is 11.8 Å².